The van der Waals surface area contributed by atoms with Crippen molar-refractivity contribution in [2.24, 2.45) is 11.8 Å². The van der Waals surface area contributed by atoms with E-state index in [-0.39, 0.29) is 0 Å². The molecule has 0 heteroatoms. The van der Waals surface area contributed by atoms with E-state index < -0.39 is 0 Å². The molecule has 0 radical (unpaired) electrons. The van der Waals surface area contributed by atoms with Crippen LogP contribution in [-0.2, 0) is 0 Å². The Morgan fingerprint density at radius 2 is 0.857 bits per heavy atom. The minimum absolute atomic E-state index is 1.03. The van der Waals surface area contributed by atoms with Crippen LogP contribution in [0.4, 0.5) is 0 Å². The molecule has 1 aliphatic rings. The van der Waals surface area contributed by atoms with Crippen molar-refractivity contribution in [3.05, 3.63) is 0 Å². The average Bonchev–Trinajstić information content (AvgIpc) is 2.20. The molecule has 1 fully saturated rings. The van der Waals surface area contributed by atoms with Crippen molar-refractivity contribution >= 4 is 0 Å². The van der Waals surface area contributed by atoms with Crippen LogP contribution >= 0.6 is 0 Å². The van der Waals surface area contributed by atoms with Gasteiger partial charge in [-0.25, -0.2) is 0 Å². The second-order valence-corrected chi connectivity index (χ2v) is 3.95. The van der Waals surface area contributed by atoms with Gasteiger partial charge in [-0.15, -0.1) is 0 Å². The maximum atomic E-state index is 2.33. The highest BCUT2D eigenvalue weighted by molar-refractivity contribution is 4.71. The van der Waals surface area contributed by atoms with Crippen LogP contribution in [0, 0.1) is 11.8 Å². The molecule has 0 heterocycles. The van der Waals surface area contributed by atoms with Gasteiger partial charge in [0.1, 0.15) is 0 Å². The van der Waals surface area contributed by atoms with E-state index in [2.05, 4.69) is 41.5 Å². The summed E-state index contributed by atoms with van der Waals surface area (Å²) in [7, 11) is 0. The fourth-order valence-corrected chi connectivity index (χ4v) is 0.833. The van der Waals surface area contributed by atoms with Gasteiger partial charge in [0.25, 0.3) is 0 Å². The molecule has 0 aromatic carbocycles. The summed E-state index contributed by atoms with van der Waals surface area (Å²) in [6.07, 6.45) is 5.45. The van der Waals surface area contributed by atoms with E-state index in [9.17, 15) is 0 Å². The Labute approximate surface area is 93.5 Å². The van der Waals surface area contributed by atoms with Gasteiger partial charge in [-0.05, 0) is 11.8 Å². The van der Waals surface area contributed by atoms with Gasteiger partial charge in [-0.1, -0.05) is 81.1 Å². The molecule has 0 aliphatic heterocycles. The molecule has 0 aromatic heterocycles. The lowest BCUT2D eigenvalue weighted by atomic mass is 9.77. The molecule has 0 aromatic rings. The fourth-order valence-electron chi connectivity index (χ4n) is 0.833. The molecule has 0 bridgehead atoms. The first-order chi connectivity index (χ1) is 6.63. The fraction of sp³-hybridized carbons (Fsp3) is 1.00. The molecule has 0 spiro atoms. The topological polar surface area (TPSA) is 0 Å². The maximum Gasteiger partial charge on any atom is -0.0417 e. The lowest BCUT2D eigenvalue weighted by molar-refractivity contribution is 0.219. The minimum Gasteiger partial charge on any atom is -0.0683 e. The molecule has 2 unspecified atom stereocenters. The zero-order valence-electron chi connectivity index (χ0n) is 12.0. The number of rotatable bonds is 0. The molecular weight excluding hydrogens is 168 g/mol. The van der Waals surface area contributed by atoms with Crippen LogP contribution in [0.2, 0.25) is 0 Å². The molecule has 0 nitrogen and oxygen atoms in total. The van der Waals surface area contributed by atoms with E-state index in [4.69, 9.17) is 0 Å². The molecular formula is C14H34. The first-order valence-corrected chi connectivity index (χ1v) is 6.63. The molecule has 14 heavy (non-hydrogen) atoms. The van der Waals surface area contributed by atoms with E-state index in [1.807, 2.05) is 13.8 Å². The number of hydrogen-bond acceptors (Lipinski definition) is 0. The molecule has 0 amide bonds. The van der Waals surface area contributed by atoms with Crippen LogP contribution in [0.15, 0.2) is 0 Å². The van der Waals surface area contributed by atoms with Crippen molar-refractivity contribution in [2.75, 3.05) is 0 Å². The smallest absolute Gasteiger partial charge is 0.0417 e. The molecule has 0 saturated heterocycles. The Kier molecular flexibility index (Phi) is 26.1. The maximum absolute atomic E-state index is 2.33. The van der Waals surface area contributed by atoms with Crippen molar-refractivity contribution in [3.63, 3.8) is 0 Å². The van der Waals surface area contributed by atoms with Gasteiger partial charge in [0.2, 0.25) is 0 Å². The summed E-state index contributed by atoms with van der Waals surface area (Å²) >= 11 is 0. The third-order valence-electron chi connectivity index (χ3n) is 2.05. The Bertz CT molecular complexity index is 56.4. The van der Waals surface area contributed by atoms with E-state index in [1.165, 1.54) is 25.7 Å². The van der Waals surface area contributed by atoms with Crippen LogP contribution in [0.3, 0.4) is 0 Å². The van der Waals surface area contributed by atoms with Gasteiger partial charge >= 0.3 is 0 Å². The van der Waals surface area contributed by atoms with Gasteiger partial charge < -0.3 is 0 Å². The van der Waals surface area contributed by atoms with Crippen molar-refractivity contribution in [1.29, 1.82) is 0 Å². The summed E-state index contributed by atoms with van der Waals surface area (Å²) in [4.78, 5) is 0. The Morgan fingerprint density at radius 3 is 0.857 bits per heavy atom. The van der Waals surface area contributed by atoms with Gasteiger partial charge in [0.05, 0.1) is 0 Å². The van der Waals surface area contributed by atoms with Crippen molar-refractivity contribution < 1.29 is 0 Å². The van der Waals surface area contributed by atoms with Crippen molar-refractivity contribution in [3.8, 4) is 0 Å². The summed E-state index contributed by atoms with van der Waals surface area (Å²) in [5, 5.41) is 0. The first kappa shape index (κ1) is 19.6. The molecule has 0 N–H and O–H groups in total. The Morgan fingerprint density at radius 1 is 0.714 bits per heavy atom. The molecule has 1 aliphatic carbocycles. The average molecular weight is 202 g/mol. The monoisotopic (exact) mass is 202 g/mol. The molecule has 90 valence electrons. The van der Waals surface area contributed by atoms with Gasteiger partial charge in [0.15, 0.2) is 0 Å². The summed E-state index contributed by atoms with van der Waals surface area (Å²) in [5.74, 6) is 2.06. The molecule has 1 rings (SSSR count). The second-order valence-electron chi connectivity index (χ2n) is 3.95. The normalized spacial score (nSPS) is 22.3. The predicted molar refractivity (Wildman–Crippen MR) is 70.8 cm³/mol. The zero-order valence-corrected chi connectivity index (χ0v) is 12.0. The summed E-state index contributed by atoms with van der Waals surface area (Å²) in [5.41, 5.74) is 0. The highest BCUT2D eigenvalue weighted by atomic mass is 14.3. The molecule has 2 atom stereocenters. The largest absolute Gasteiger partial charge is 0.0683 e. The van der Waals surface area contributed by atoms with Crippen molar-refractivity contribution in [1.82, 2.24) is 0 Å². The highest BCUT2D eigenvalue weighted by Crippen LogP contribution is 2.32. The van der Waals surface area contributed by atoms with E-state index in [0.717, 1.165) is 11.8 Å². The predicted octanol–water partition coefficient (Wildman–Crippen LogP) is 5.91. The van der Waals surface area contributed by atoms with Crippen LogP contribution in [0.25, 0.3) is 0 Å². The van der Waals surface area contributed by atoms with Gasteiger partial charge in [0, 0.05) is 0 Å². The number of hydrogen-bond donors (Lipinski definition) is 0. The first-order valence-electron chi connectivity index (χ1n) is 6.63. The second kappa shape index (κ2) is 18.7. The van der Waals surface area contributed by atoms with E-state index in [0.29, 0.717) is 0 Å². The van der Waals surface area contributed by atoms with Crippen LogP contribution < -0.4 is 0 Å². The Hall–Kier alpha value is 0. The van der Waals surface area contributed by atoms with E-state index in [1.54, 1.807) is 0 Å². The van der Waals surface area contributed by atoms with Crippen molar-refractivity contribution in [2.45, 2.75) is 81.1 Å². The quantitative estimate of drug-likeness (QED) is 0.458. The standard InChI is InChI=1S/C6H12.2C3H8.C2H6/c1-5-3-4-6(5)2;2*1-3-2;1-2/h5-6H,3-4H2,1-2H3;2*3H2,1-2H3;1-2H3. The summed E-state index contributed by atoms with van der Waals surface area (Å²) < 4.78 is 0. The lowest BCUT2D eigenvalue weighted by Gasteiger charge is -2.29. The van der Waals surface area contributed by atoms with Crippen LogP contribution in [0.5, 0.6) is 0 Å². The highest BCUT2D eigenvalue weighted by Gasteiger charge is 2.20. The lowest BCUT2D eigenvalue weighted by Crippen LogP contribution is -2.18. The third kappa shape index (κ3) is 17.9. The van der Waals surface area contributed by atoms with Gasteiger partial charge in [-0.3, -0.25) is 0 Å². The van der Waals surface area contributed by atoms with E-state index >= 15 is 0 Å². The van der Waals surface area contributed by atoms with Crippen LogP contribution in [-0.4, -0.2) is 0 Å². The SMILES string of the molecule is CC.CC1CCC1C.CCC.CCC. The third-order valence-corrected chi connectivity index (χ3v) is 2.05. The molecule has 1 saturated carbocycles. The summed E-state index contributed by atoms with van der Waals surface area (Å²) in [6, 6.07) is 0. The summed E-state index contributed by atoms with van der Waals surface area (Å²) in [6.45, 7) is 17.2. The van der Waals surface area contributed by atoms with Crippen LogP contribution in [0.1, 0.15) is 81.1 Å². The zero-order chi connectivity index (χ0) is 12.0. The van der Waals surface area contributed by atoms with Gasteiger partial charge in [-0.2, -0.15) is 0 Å². The Balaban J connectivity index is -0.000000132. The minimum atomic E-state index is 1.03.